The maximum atomic E-state index is 10.3. The summed E-state index contributed by atoms with van der Waals surface area (Å²) in [5, 5.41) is 11.8. The van der Waals surface area contributed by atoms with Gasteiger partial charge in [0, 0.05) is 17.3 Å². The zero-order chi connectivity index (χ0) is 13.4. The van der Waals surface area contributed by atoms with Crippen molar-refractivity contribution in [2.45, 2.75) is 13.0 Å². The minimum Gasteiger partial charge on any atom is -0.383 e. The molecule has 0 spiro atoms. The quantitative estimate of drug-likeness (QED) is 0.751. The Balaban J connectivity index is 2.03. The van der Waals surface area contributed by atoms with Crippen molar-refractivity contribution in [3.63, 3.8) is 0 Å². The van der Waals surface area contributed by atoms with Crippen LogP contribution in [0.3, 0.4) is 0 Å². The SMILES string of the molecule is Cc1ccc2cc(C(O)c3cnc(N)s3)ccc2n1. The first kappa shape index (κ1) is 12.1. The molecule has 3 aromatic rings. The Kier molecular flexibility index (Phi) is 2.93. The molecule has 0 aliphatic heterocycles. The van der Waals surface area contributed by atoms with Gasteiger partial charge in [-0.2, -0.15) is 0 Å². The Morgan fingerprint density at radius 2 is 2.11 bits per heavy atom. The maximum absolute atomic E-state index is 10.3. The highest BCUT2D eigenvalue weighted by atomic mass is 32.1. The standard InChI is InChI=1S/C14H13N3OS/c1-8-2-3-9-6-10(4-5-11(9)17-8)13(18)12-7-16-14(15)19-12/h2-7,13,18H,1H3,(H2,15,16). The van der Waals surface area contributed by atoms with Crippen molar-refractivity contribution >= 4 is 27.4 Å². The predicted molar refractivity (Wildman–Crippen MR) is 77.1 cm³/mol. The average molecular weight is 271 g/mol. The van der Waals surface area contributed by atoms with E-state index < -0.39 is 6.10 Å². The van der Waals surface area contributed by atoms with Gasteiger partial charge in [-0.05, 0) is 30.7 Å². The Hall–Kier alpha value is -1.98. The first-order chi connectivity index (χ1) is 9.13. The molecule has 5 heteroatoms. The van der Waals surface area contributed by atoms with E-state index in [4.69, 9.17) is 5.73 Å². The van der Waals surface area contributed by atoms with E-state index in [1.54, 1.807) is 6.20 Å². The van der Waals surface area contributed by atoms with Gasteiger partial charge in [-0.1, -0.05) is 23.5 Å². The van der Waals surface area contributed by atoms with Crippen molar-refractivity contribution in [1.29, 1.82) is 0 Å². The van der Waals surface area contributed by atoms with Crippen LogP contribution < -0.4 is 5.73 Å². The monoisotopic (exact) mass is 271 g/mol. The number of pyridine rings is 1. The second-order valence-electron chi connectivity index (χ2n) is 4.41. The Labute approximate surface area is 114 Å². The second kappa shape index (κ2) is 4.60. The molecule has 0 aliphatic rings. The molecule has 0 aliphatic carbocycles. The molecule has 3 N–H and O–H groups in total. The summed E-state index contributed by atoms with van der Waals surface area (Å²) in [5.74, 6) is 0. The number of nitrogen functional groups attached to an aromatic ring is 1. The smallest absolute Gasteiger partial charge is 0.180 e. The summed E-state index contributed by atoms with van der Waals surface area (Å²) in [6.07, 6.45) is 0.919. The van der Waals surface area contributed by atoms with E-state index in [1.165, 1.54) is 11.3 Å². The molecule has 19 heavy (non-hydrogen) atoms. The average Bonchev–Trinajstić information content (AvgIpc) is 2.84. The van der Waals surface area contributed by atoms with E-state index in [9.17, 15) is 5.11 Å². The maximum Gasteiger partial charge on any atom is 0.180 e. The summed E-state index contributed by atoms with van der Waals surface area (Å²) in [4.78, 5) is 9.15. The van der Waals surface area contributed by atoms with Crippen LogP contribution in [0.5, 0.6) is 0 Å². The van der Waals surface area contributed by atoms with E-state index in [0.29, 0.717) is 5.13 Å². The summed E-state index contributed by atoms with van der Waals surface area (Å²) >= 11 is 1.30. The molecule has 96 valence electrons. The number of benzene rings is 1. The van der Waals surface area contributed by atoms with Gasteiger partial charge in [0.25, 0.3) is 0 Å². The highest BCUT2D eigenvalue weighted by Gasteiger charge is 2.14. The summed E-state index contributed by atoms with van der Waals surface area (Å²) in [5.41, 5.74) is 8.32. The Bertz CT molecular complexity index is 738. The van der Waals surface area contributed by atoms with Crippen molar-refractivity contribution in [3.05, 3.63) is 52.7 Å². The number of hydrogen-bond donors (Lipinski definition) is 2. The predicted octanol–water partition coefficient (Wildman–Crippen LogP) is 2.66. The van der Waals surface area contributed by atoms with E-state index in [-0.39, 0.29) is 0 Å². The van der Waals surface area contributed by atoms with Gasteiger partial charge in [0.1, 0.15) is 6.10 Å². The molecule has 1 unspecified atom stereocenters. The van der Waals surface area contributed by atoms with Gasteiger partial charge in [0.05, 0.1) is 10.4 Å². The fourth-order valence-corrected chi connectivity index (χ4v) is 2.71. The van der Waals surface area contributed by atoms with E-state index in [1.807, 2.05) is 37.3 Å². The van der Waals surface area contributed by atoms with Crippen LogP contribution in [0.25, 0.3) is 10.9 Å². The third kappa shape index (κ3) is 2.30. The van der Waals surface area contributed by atoms with Crippen LogP contribution in [0.2, 0.25) is 0 Å². The van der Waals surface area contributed by atoms with Crippen LogP contribution in [0.1, 0.15) is 22.2 Å². The fourth-order valence-electron chi connectivity index (χ4n) is 2.01. The molecule has 0 bridgehead atoms. The van der Waals surface area contributed by atoms with Crippen molar-refractivity contribution < 1.29 is 5.11 Å². The van der Waals surface area contributed by atoms with Gasteiger partial charge in [0.15, 0.2) is 5.13 Å². The number of hydrogen-bond acceptors (Lipinski definition) is 5. The number of rotatable bonds is 2. The summed E-state index contributed by atoms with van der Waals surface area (Å²) in [7, 11) is 0. The van der Waals surface area contributed by atoms with Gasteiger partial charge < -0.3 is 10.8 Å². The van der Waals surface area contributed by atoms with E-state index in [2.05, 4.69) is 9.97 Å². The lowest BCUT2D eigenvalue weighted by Crippen LogP contribution is -1.97. The number of nitrogens with two attached hydrogens (primary N) is 1. The van der Waals surface area contributed by atoms with Gasteiger partial charge in [0.2, 0.25) is 0 Å². The van der Waals surface area contributed by atoms with Crippen LogP contribution >= 0.6 is 11.3 Å². The molecular weight excluding hydrogens is 258 g/mol. The van der Waals surface area contributed by atoms with Crippen molar-refractivity contribution in [1.82, 2.24) is 9.97 Å². The van der Waals surface area contributed by atoms with Crippen LogP contribution in [0.4, 0.5) is 5.13 Å². The van der Waals surface area contributed by atoms with Gasteiger partial charge >= 0.3 is 0 Å². The Morgan fingerprint density at radius 3 is 2.84 bits per heavy atom. The third-order valence-corrected chi connectivity index (χ3v) is 3.86. The van der Waals surface area contributed by atoms with Crippen LogP contribution in [-0.4, -0.2) is 15.1 Å². The fraction of sp³-hybridized carbons (Fsp3) is 0.143. The number of aryl methyl sites for hydroxylation is 1. The first-order valence-electron chi connectivity index (χ1n) is 5.90. The van der Waals surface area contributed by atoms with Crippen molar-refractivity contribution in [2.24, 2.45) is 0 Å². The third-order valence-electron chi connectivity index (χ3n) is 2.98. The lowest BCUT2D eigenvalue weighted by Gasteiger charge is -2.09. The largest absolute Gasteiger partial charge is 0.383 e. The van der Waals surface area contributed by atoms with E-state index in [0.717, 1.165) is 27.0 Å². The van der Waals surface area contributed by atoms with Gasteiger partial charge in [-0.3, -0.25) is 4.98 Å². The van der Waals surface area contributed by atoms with Crippen LogP contribution in [-0.2, 0) is 0 Å². The summed E-state index contributed by atoms with van der Waals surface area (Å²) in [6.45, 7) is 1.96. The number of anilines is 1. The minimum atomic E-state index is -0.694. The van der Waals surface area contributed by atoms with Crippen LogP contribution in [0, 0.1) is 6.92 Å². The lowest BCUT2D eigenvalue weighted by molar-refractivity contribution is 0.224. The number of nitrogens with zero attached hydrogens (tertiary/aromatic N) is 2. The molecule has 0 saturated heterocycles. The van der Waals surface area contributed by atoms with E-state index >= 15 is 0 Å². The number of aliphatic hydroxyl groups excluding tert-OH is 1. The molecule has 1 atom stereocenters. The number of thiazole rings is 1. The summed E-state index contributed by atoms with van der Waals surface area (Å²) in [6, 6.07) is 9.72. The molecule has 0 saturated carbocycles. The molecule has 4 nitrogen and oxygen atoms in total. The topological polar surface area (TPSA) is 72.0 Å². The van der Waals surface area contributed by atoms with Gasteiger partial charge in [-0.25, -0.2) is 4.98 Å². The molecule has 0 amide bonds. The highest BCUT2D eigenvalue weighted by molar-refractivity contribution is 7.15. The van der Waals surface area contributed by atoms with Crippen molar-refractivity contribution in [3.8, 4) is 0 Å². The molecule has 0 fully saturated rings. The second-order valence-corrected chi connectivity index (χ2v) is 5.50. The van der Waals surface area contributed by atoms with Gasteiger partial charge in [-0.15, -0.1) is 0 Å². The molecule has 2 heterocycles. The summed E-state index contributed by atoms with van der Waals surface area (Å²) < 4.78 is 0. The molecule has 0 radical (unpaired) electrons. The highest BCUT2D eigenvalue weighted by Crippen LogP contribution is 2.29. The Morgan fingerprint density at radius 1 is 1.26 bits per heavy atom. The minimum absolute atomic E-state index is 0.465. The molecule has 1 aromatic carbocycles. The molecule has 3 rings (SSSR count). The zero-order valence-electron chi connectivity index (χ0n) is 10.4. The molecule has 2 aromatic heterocycles. The molecular formula is C14H13N3OS. The van der Waals surface area contributed by atoms with Crippen molar-refractivity contribution in [2.75, 3.05) is 5.73 Å². The zero-order valence-corrected chi connectivity index (χ0v) is 11.2. The number of aromatic nitrogens is 2. The normalized spacial score (nSPS) is 12.7. The first-order valence-corrected chi connectivity index (χ1v) is 6.72. The number of fused-ring (bicyclic) bond motifs is 1. The number of aliphatic hydroxyl groups is 1. The van der Waals surface area contributed by atoms with Crippen LogP contribution in [0.15, 0.2) is 36.5 Å². The lowest BCUT2D eigenvalue weighted by atomic mass is 10.1.